The van der Waals surface area contributed by atoms with Crippen molar-refractivity contribution in [3.8, 4) is 0 Å². The number of amides is 1. The summed E-state index contributed by atoms with van der Waals surface area (Å²) in [4.78, 5) is 22.1. The van der Waals surface area contributed by atoms with Gasteiger partial charge in [-0.15, -0.1) is 0 Å². The Balaban J connectivity index is 4.19. The Morgan fingerprint density at radius 1 is 1.47 bits per heavy atom. The summed E-state index contributed by atoms with van der Waals surface area (Å²) in [6.07, 6.45) is 1.04. The first-order valence-corrected chi connectivity index (χ1v) is 5.25. The van der Waals surface area contributed by atoms with E-state index in [9.17, 15) is 9.59 Å². The van der Waals surface area contributed by atoms with Crippen LogP contribution in [0.5, 0.6) is 0 Å². The maximum Gasteiger partial charge on any atom is 0.408 e. The molecule has 0 spiro atoms. The van der Waals surface area contributed by atoms with Crippen LogP contribution in [-0.2, 0) is 9.53 Å². The molecule has 1 amide bonds. The quantitative estimate of drug-likeness (QED) is 0.731. The van der Waals surface area contributed by atoms with Gasteiger partial charge >= 0.3 is 6.09 Å². The van der Waals surface area contributed by atoms with Crippen LogP contribution < -0.4 is 5.32 Å². The lowest BCUT2D eigenvalue weighted by Crippen LogP contribution is -2.43. The first-order chi connectivity index (χ1) is 6.80. The van der Waals surface area contributed by atoms with E-state index in [-0.39, 0.29) is 5.92 Å². The van der Waals surface area contributed by atoms with E-state index in [0.717, 1.165) is 12.7 Å². The normalized spacial score (nSPS) is 15.3. The summed E-state index contributed by atoms with van der Waals surface area (Å²) in [6, 6.07) is -0.468. The van der Waals surface area contributed by atoms with Crippen molar-refractivity contribution in [3.63, 3.8) is 0 Å². The van der Waals surface area contributed by atoms with Gasteiger partial charge in [0.25, 0.3) is 0 Å². The van der Waals surface area contributed by atoms with Crippen molar-refractivity contribution in [2.24, 2.45) is 5.92 Å². The number of hydrogen-bond donors (Lipinski definition) is 1. The van der Waals surface area contributed by atoms with Crippen molar-refractivity contribution >= 4 is 12.4 Å². The molecule has 0 aliphatic carbocycles. The third kappa shape index (κ3) is 6.10. The van der Waals surface area contributed by atoms with Gasteiger partial charge in [-0.25, -0.2) is 4.79 Å². The molecule has 1 N–H and O–H groups in total. The Hall–Kier alpha value is -1.06. The minimum Gasteiger partial charge on any atom is -0.444 e. The highest BCUT2D eigenvalue weighted by Crippen LogP contribution is 2.09. The molecule has 0 radical (unpaired) electrons. The van der Waals surface area contributed by atoms with Crippen LogP contribution in [0.25, 0.3) is 0 Å². The van der Waals surface area contributed by atoms with Gasteiger partial charge in [0.15, 0.2) is 0 Å². The van der Waals surface area contributed by atoms with Crippen LogP contribution in [0.4, 0.5) is 4.79 Å². The summed E-state index contributed by atoms with van der Waals surface area (Å²) in [5.74, 6) is 0.120. The van der Waals surface area contributed by atoms with Gasteiger partial charge in [-0.3, -0.25) is 0 Å². The Bertz CT molecular complexity index is 220. The number of aldehydes is 1. The summed E-state index contributed by atoms with van der Waals surface area (Å²) < 4.78 is 5.06. The zero-order valence-corrected chi connectivity index (χ0v) is 10.2. The van der Waals surface area contributed by atoms with Gasteiger partial charge in [0, 0.05) is 0 Å². The molecule has 88 valence electrons. The molecule has 0 bridgehead atoms. The van der Waals surface area contributed by atoms with Crippen molar-refractivity contribution in [2.75, 3.05) is 0 Å². The van der Waals surface area contributed by atoms with Gasteiger partial charge in [-0.1, -0.05) is 20.3 Å². The molecule has 0 fully saturated rings. The van der Waals surface area contributed by atoms with Crippen LogP contribution in [0.2, 0.25) is 0 Å². The van der Waals surface area contributed by atoms with Gasteiger partial charge in [-0.05, 0) is 26.7 Å². The van der Waals surface area contributed by atoms with Crippen molar-refractivity contribution < 1.29 is 14.3 Å². The van der Waals surface area contributed by atoms with Crippen LogP contribution >= 0.6 is 0 Å². The number of hydrogen-bond acceptors (Lipinski definition) is 3. The van der Waals surface area contributed by atoms with Gasteiger partial charge in [0.05, 0.1) is 6.04 Å². The number of carbonyl (C=O) groups is 2. The molecule has 0 rings (SSSR count). The molecular formula is C11H21NO3. The number of rotatable bonds is 4. The van der Waals surface area contributed by atoms with Crippen molar-refractivity contribution in [1.82, 2.24) is 5.32 Å². The van der Waals surface area contributed by atoms with Crippen molar-refractivity contribution in [3.05, 3.63) is 0 Å². The molecule has 0 heterocycles. The van der Waals surface area contributed by atoms with Crippen LogP contribution in [0, 0.1) is 5.92 Å². The van der Waals surface area contributed by atoms with Gasteiger partial charge < -0.3 is 14.8 Å². The van der Waals surface area contributed by atoms with E-state index < -0.39 is 17.7 Å². The Kier molecular flexibility index (Phi) is 5.33. The summed E-state index contributed by atoms with van der Waals surface area (Å²) in [5, 5.41) is 2.54. The Morgan fingerprint density at radius 2 is 2.00 bits per heavy atom. The first-order valence-electron chi connectivity index (χ1n) is 5.25. The van der Waals surface area contributed by atoms with Gasteiger partial charge in [0.2, 0.25) is 0 Å². The van der Waals surface area contributed by atoms with Crippen LogP contribution in [0.1, 0.15) is 41.0 Å². The number of alkyl carbamates (subject to hydrolysis) is 1. The van der Waals surface area contributed by atoms with E-state index in [1.54, 1.807) is 20.8 Å². The van der Waals surface area contributed by atoms with E-state index in [1.807, 2.05) is 13.8 Å². The third-order valence-corrected chi connectivity index (χ3v) is 2.09. The molecule has 0 aromatic rings. The summed E-state index contributed by atoms with van der Waals surface area (Å²) in [7, 11) is 0. The number of carbonyl (C=O) groups excluding carboxylic acids is 2. The summed E-state index contributed by atoms with van der Waals surface area (Å²) >= 11 is 0. The zero-order chi connectivity index (χ0) is 12.1. The average Bonchev–Trinajstić information content (AvgIpc) is 2.10. The highest BCUT2D eigenvalue weighted by atomic mass is 16.6. The molecule has 0 saturated carbocycles. The maximum atomic E-state index is 11.4. The molecular weight excluding hydrogens is 194 g/mol. The fourth-order valence-corrected chi connectivity index (χ4v) is 1.01. The van der Waals surface area contributed by atoms with Gasteiger partial charge in [0.1, 0.15) is 11.9 Å². The topological polar surface area (TPSA) is 55.4 Å². The Labute approximate surface area is 91.4 Å². The van der Waals surface area contributed by atoms with E-state index >= 15 is 0 Å². The van der Waals surface area contributed by atoms with Crippen LogP contribution in [0.3, 0.4) is 0 Å². The monoisotopic (exact) mass is 215 g/mol. The second kappa shape index (κ2) is 5.73. The maximum absolute atomic E-state index is 11.4. The zero-order valence-electron chi connectivity index (χ0n) is 10.2. The van der Waals surface area contributed by atoms with E-state index in [4.69, 9.17) is 4.74 Å². The van der Waals surface area contributed by atoms with Gasteiger partial charge in [-0.2, -0.15) is 0 Å². The minimum atomic E-state index is -0.542. The average molecular weight is 215 g/mol. The standard InChI is InChI=1S/C11H21NO3/c1-6-8(2)9(7-13)12-10(14)15-11(3,4)5/h7-9H,6H2,1-5H3,(H,12,14)/t8?,9-/m1/s1. The second-order valence-corrected chi connectivity index (χ2v) is 4.69. The Morgan fingerprint density at radius 3 is 2.33 bits per heavy atom. The smallest absolute Gasteiger partial charge is 0.408 e. The number of ether oxygens (including phenoxy) is 1. The predicted octanol–water partition coefficient (Wildman–Crippen LogP) is 2.12. The van der Waals surface area contributed by atoms with Crippen molar-refractivity contribution in [2.45, 2.75) is 52.7 Å². The van der Waals surface area contributed by atoms with E-state index in [0.29, 0.717) is 0 Å². The molecule has 0 aliphatic heterocycles. The SMILES string of the molecule is CCC(C)[C@@H](C=O)NC(=O)OC(C)(C)C. The predicted molar refractivity (Wildman–Crippen MR) is 58.7 cm³/mol. The second-order valence-electron chi connectivity index (χ2n) is 4.69. The lowest BCUT2D eigenvalue weighted by atomic mass is 10.0. The molecule has 0 aromatic carbocycles. The molecule has 1 unspecified atom stereocenters. The molecule has 0 saturated heterocycles. The van der Waals surface area contributed by atoms with E-state index in [2.05, 4.69) is 5.32 Å². The fourth-order valence-electron chi connectivity index (χ4n) is 1.01. The molecule has 15 heavy (non-hydrogen) atoms. The summed E-state index contributed by atoms with van der Waals surface area (Å²) in [5.41, 5.74) is -0.535. The number of nitrogens with one attached hydrogen (secondary N) is 1. The molecule has 2 atom stereocenters. The highest BCUT2D eigenvalue weighted by molar-refractivity contribution is 5.73. The molecule has 0 aromatic heterocycles. The largest absolute Gasteiger partial charge is 0.444 e. The fraction of sp³-hybridized carbons (Fsp3) is 0.818. The third-order valence-electron chi connectivity index (χ3n) is 2.09. The van der Waals surface area contributed by atoms with Crippen molar-refractivity contribution in [1.29, 1.82) is 0 Å². The van der Waals surface area contributed by atoms with E-state index in [1.165, 1.54) is 0 Å². The summed E-state index contributed by atoms with van der Waals surface area (Å²) in [6.45, 7) is 9.23. The molecule has 4 heteroatoms. The first kappa shape index (κ1) is 13.9. The molecule has 0 aliphatic rings. The highest BCUT2D eigenvalue weighted by Gasteiger charge is 2.21. The minimum absolute atomic E-state index is 0.120. The lowest BCUT2D eigenvalue weighted by Gasteiger charge is -2.23. The molecule has 4 nitrogen and oxygen atoms in total. The van der Waals surface area contributed by atoms with Crippen LogP contribution in [0.15, 0.2) is 0 Å². The lowest BCUT2D eigenvalue weighted by molar-refractivity contribution is -0.110. The van der Waals surface area contributed by atoms with Crippen LogP contribution in [-0.4, -0.2) is 24.0 Å².